The molecule has 0 fully saturated rings. The topological polar surface area (TPSA) is 46.5 Å². The van der Waals surface area contributed by atoms with Gasteiger partial charge in [0.2, 0.25) is 6.10 Å². The molecule has 1 atom stereocenters. The quantitative estimate of drug-likeness (QED) is 0.799. The summed E-state index contributed by atoms with van der Waals surface area (Å²) in [6.07, 6.45) is -6.36. The SMILES string of the molecule is O=C(O)C1=Cc2cc(Cl)c(CBr)cc2OC1C(F)(F)F. The van der Waals surface area contributed by atoms with Gasteiger partial charge in [-0.3, -0.25) is 0 Å². The summed E-state index contributed by atoms with van der Waals surface area (Å²) in [4.78, 5) is 10.9. The number of ether oxygens (including phenoxy) is 1. The lowest BCUT2D eigenvalue weighted by Crippen LogP contribution is -2.40. The monoisotopic (exact) mass is 370 g/mol. The van der Waals surface area contributed by atoms with Crippen molar-refractivity contribution >= 4 is 39.6 Å². The van der Waals surface area contributed by atoms with E-state index in [1.807, 2.05) is 0 Å². The largest absolute Gasteiger partial charge is 0.478 e. The van der Waals surface area contributed by atoms with Crippen LogP contribution >= 0.6 is 27.5 Å². The number of alkyl halides is 4. The molecule has 1 aromatic rings. The standard InChI is InChI=1S/C12H7BrClF3O3/c13-4-6-3-9-5(2-8(6)14)1-7(11(18)19)10(20-9)12(15,16)17/h1-3,10H,4H2,(H,18,19). The van der Waals surface area contributed by atoms with Crippen molar-refractivity contribution in [3.8, 4) is 5.75 Å². The van der Waals surface area contributed by atoms with Crippen LogP contribution in [0.3, 0.4) is 0 Å². The van der Waals surface area contributed by atoms with E-state index in [0.717, 1.165) is 6.08 Å². The molecule has 2 rings (SSSR count). The number of halogens is 5. The Morgan fingerprint density at radius 2 is 2.10 bits per heavy atom. The first-order valence-corrected chi connectivity index (χ1v) is 6.80. The number of carboxylic acid groups (broad SMARTS) is 1. The Kier molecular flexibility index (Phi) is 4.02. The number of hydrogen-bond donors (Lipinski definition) is 1. The Morgan fingerprint density at radius 1 is 1.45 bits per heavy atom. The van der Waals surface area contributed by atoms with Crippen LogP contribution in [0.1, 0.15) is 11.1 Å². The molecule has 1 N–H and O–H groups in total. The summed E-state index contributed by atoms with van der Waals surface area (Å²) >= 11 is 9.08. The van der Waals surface area contributed by atoms with Gasteiger partial charge < -0.3 is 9.84 Å². The van der Waals surface area contributed by atoms with E-state index in [1.165, 1.54) is 12.1 Å². The van der Waals surface area contributed by atoms with Crippen molar-refractivity contribution in [1.82, 2.24) is 0 Å². The van der Waals surface area contributed by atoms with Gasteiger partial charge in [-0.25, -0.2) is 4.79 Å². The summed E-state index contributed by atoms with van der Waals surface area (Å²) in [6.45, 7) is 0. The Balaban J connectivity index is 2.57. The second-order valence-electron chi connectivity index (χ2n) is 4.06. The molecule has 0 bridgehead atoms. The molecule has 1 heterocycles. The Morgan fingerprint density at radius 3 is 2.60 bits per heavy atom. The summed E-state index contributed by atoms with van der Waals surface area (Å²) < 4.78 is 43.3. The van der Waals surface area contributed by atoms with Crippen LogP contribution in [0.25, 0.3) is 6.08 Å². The van der Waals surface area contributed by atoms with Crippen LogP contribution in [0.5, 0.6) is 5.75 Å². The van der Waals surface area contributed by atoms with E-state index in [2.05, 4.69) is 15.9 Å². The van der Waals surface area contributed by atoms with Crippen LogP contribution in [0.15, 0.2) is 17.7 Å². The highest BCUT2D eigenvalue weighted by Gasteiger charge is 2.48. The van der Waals surface area contributed by atoms with Gasteiger partial charge in [0.1, 0.15) is 5.75 Å². The molecule has 1 unspecified atom stereocenters. The van der Waals surface area contributed by atoms with E-state index < -0.39 is 23.8 Å². The Labute approximate surface area is 125 Å². The predicted octanol–water partition coefficient (Wildman–Crippen LogP) is 4.03. The molecule has 0 radical (unpaired) electrons. The second kappa shape index (κ2) is 5.29. The number of fused-ring (bicyclic) bond motifs is 1. The summed E-state index contributed by atoms with van der Waals surface area (Å²) in [7, 11) is 0. The highest BCUT2D eigenvalue weighted by Crippen LogP contribution is 2.39. The van der Waals surface area contributed by atoms with Crippen LogP contribution in [0, 0.1) is 0 Å². The molecule has 8 heteroatoms. The average Bonchev–Trinajstić information content (AvgIpc) is 2.35. The molecule has 0 aromatic heterocycles. The maximum absolute atomic E-state index is 12.8. The fourth-order valence-corrected chi connectivity index (χ4v) is 2.64. The summed E-state index contributed by atoms with van der Waals surface area (Å²) in [6, 6.07) is 2.74. The first-order chi connectivity index (χ1) is 9.24. The molecular weight excluding hydrogens is 364 g/mol. The third-order valence-corrected chi connectivity index (χ3v) is 3.66. The maximum atomic E-state index is 12.8. The van der Waals surface area contributed by atoms with Crippen molar-refractivity contribution in [3.63, 3.8) is 0 Å². The minimum Gasteiger partial charge on any atom is -0.478 e. The van der Waals surface area contributed by atoms with Crippen LogP contribution < -0.4 is 4.74 Å². The van der Waals surface area contributed by atoms with E-state index in [4.69, 9.17) is 21.4 Å². The third-order valence-electron chi connectivity index (χ3n) is 2.71. The van der Waals surface area contributed by atoms with Crippen molar-refractivity contribution in [2.45, 2.75) is 17.6 Å². The third kappa shape index (κ3) is 2.78. The van der Waals surface area contributed by atoms with Crippen LogP contribution in [0.2, 0.25) is 5.02 Å². The number of hydrogen-bond acceptors (Lipinski definition) is 2. The van der Waals surface area contributed by atoms with Crippen molar-refractivity contribution in [3.05, 3.63) is 33.9 Å². The summed E-state index contributed by atoms with van der Waals surface area (Å²) in [5, 5.41) is 9.54. The average molecular weight is 372 g/mol. The lowest BCUT2D eigenvalue weighted by atomic mass is 10.00. The van der Waals surface area contributed by atoms with Crippen molar-refractivity contribution in [2.24, 2.45) is 0 Å². The molecular formula is C12H7BrClF3O3. The molecule has 3 nitrogen and oxygen atoms in total. The summed E-state index contributed by atoms with van der Waals surface area (Å²) in [5.41, 5.74) is -0.108. The van der Waals surface area contributed by atoms with E-state index in [0.29, 0.717) is 15.9 Å². The number of rotatable bonds is 2. The van der Waals surface area contributed by atoms with Gasteiger partial charge in [0.05, 0.1) is 5.57 Å². The Hall–Kier alpha value is -1.21. The first kappa shape index (κ1) is 15.2. The van der Waals surface area contributed by atoms with Crippen LogP contribution in [0.4, 0.5) is 13.2 Å². The van der Waals surface area contributed by atoms with E-state index in [1.54, 1.807) is 0 Å². The lowest BCUT2D eigenvalue weighted by Gasteiger charge is -2.27. The summed E-state index contributed by atoms with van der Waals surface area (Å²) in [5.74, 6) is -1.73. The molecule has 20 heavy (non-hydrogen) atoms. The van der Waals surface area contributed by atoms with Gasteiger partial charge in [-0.1, -0.05) is 27.5 Å². The van der Waals surface area contributed by atoms with E-state index in [-0.39, 0.29) is 11.3 Å². The zero-order chi connectivity index (χ0) is 15.1. The van der Waals surface area contributed by atoms with Gasteiger partial charge in [0, 0.05) is 15.9 Å². The molecule has 1 aliphatic rings. The molecule has 1 aromatic carbocycles. The highest BCUT2D eigenvalue weighted by atomic mass is 79.9. The molecule has 0 aliphatic carbocycles. The molecule has 0 amide bonds. The second-order valence-corrected chi connectivity index (χ2v) is 5.03. The first-order valence-electron chi connectivity index (χ1n) is 5.30. The zero-order valence-corrected chi connectivity index (χ0v) is 12.0. The molecule has 108 valence electrons. The van der Waals surface area contributed by atoms with Gasteiger partial charge in [0.15, 0.2) is 0 Å². The van der Waals surface area contributed by atoms with Gasteiger partial charge in [-0.15, -0.1) is 0 Å². The van der Waals surface area contributed by atoms with Gasteiger partial charge in [-0.2, -0.15) is 13.2 Å². The normalized spacial score (nSPS) is 18.1. The number of aliphatic carboxylic acids is 1. The minimum atomic E-state index is -4.81. The fourth-order valence-electron chi connectivity index (χ4n) is 1.78. The predicted molar refractivity (Wildman–Crippen MR) is 70.2 cm³/mol. The van der Waals surface area contributed by atoms with Crippen LogP contribution in [-0.2, 0) is 10.1 Å². The maximum Gasteiger partial charge on any atom is 0.430 e. The zero-order valence-electron chi connectivity index (χ0n) is 9.67. The minimum absolute atomic E-state index is 0.0452. The Bertz CT molecular complexity index is 598. The van der Waals surface area contributed by atoms with Gasteiger partial charge in [-0.05, 0) is 23.8 Å². The number of carbonyl (C=O) groups is 1. The highest BCUT2D eigenvalue weighted by molar-refractivity contribution is 9.08. The lowest BCUT2D eigenvalue weighted by molar-refractivity contribution is -0.187. The van der Waals surface area contributed by atoms with Crippen molar-refractivity contribution in [1.29, 1.82) is 0 Å². The van der Waals surface area contributed by atoms with Crippen molar-refractivity contribution < 1.29 is 27.8 Å². The molecule has 0 saturated carbocycles. The van der Waals surface area contributed by atoms with Gasteiger partial charge >= 0.3 is 12.1 Å². The number of carboxylic acids is 1. The van der Waals surface area contributed by atoms with Crippen LogP contribution in [-0.4, -0.2) is 23.4 Å². The smallest absolute Gasteiger partial charge is 0.430 e. The molecule has 0 spiro atoms. The van der Waals surface area contributed by atoms with Crippen molar-refractivity contribution in [2.75, 3.05) is 0 Å². The molecule has 1 aliphatic heterocycles. The van der Waals surface area contributed by atoms with E-state index >= 15 is 0 Å². The molecule has 0 saturated heterocycles. The number of benzene rings is 1. The van der Waals surface area contributed by atoms with E-state index in [9.17, 15) is 18.0 Å². The fraction of sp³-hybridized carbons (Fsp3) is 0.250. The van der Waals surface area contributed by atoms with Gasteiger partial charge in [0.25, 0.3) is 0 Å².